The number of hydrogen-bond donors (Lipinski definition) is 2. The maximum absolute atomic E-state index is 12.7. The van der Waals surface area contributed by atoms with Crippen molar-refractivity contribution < 1.29 is 14.3 Å². The van der Waals surface area contributed by atoms with E-state index in [2.05, 4.69) is 15.4 Å². The zero-order valence-electron chi connectivity index (χ0n) is 14.1. The number of amides is 2. The zero-order chi connectivity index (χ0) is 17.5. The zero-order valence-corrected chi connectivity index (χ0v) is 14.1. The van der Waals surface area contributed by atoms with Crippen LogP contribution in [0.5, 0.6) is 0 Å². The molecule has 0 bridgehead atoms. The SMILES string of the molecule is COC(=O)N[C@@H](Cc1ccccc1)C(=O)Nc1cccc(C)c1C. The molecule has 0 saturated carbocycles. The lowest BCUT2D eigenvalue weighted by Crippen LogP contribution is -2.45. The normalized spacial score (nSPS) is 11.5. The molecule has 5 nitrogen and oxygen atoms in total. The van der Waals surface area contributed by atoms with Crippen molar-refractivity contribution in [3.8, 4) is 0 Å². The van der Waals surface area contributed by atoms with E-state index < -0.39 is 12.1 Å². The van der Waals surface area contributed by atoms with Crippen LogP contribution in [0.1, 0.15) is 16.7 Å². The number of benzene rings is 2. The summed E-state index contributed by atoms with van der Waals surface area (Å²) in [6.45, 7) is 3.93. The molecule has 126 valence electrons. The number of alkyl carbamates (subject to hydrolysis) is 1. The summed E-state index contributed by atoms with van der Waals surface area (Å²) >= 11 is 0. The molecule has 1 atom stereocenters. The highest BCUT2D eigenvalue weighted by Crippen LogP contribution is 2.18. The Kier molecular flexibility index (Phi) is 5.95. The molecule has 24 heavy (non-hydrogen) atoms. The summed E-state index contributed by atoms with van der Waals surface area (Å²) in [5.41, 5.74) is 3.79. The topological polar surface area (TPSA) is 67.4 Å². The Labute approximate surface area is 142 Å². The van der Waals surface area contributed by atoms with E-state index in [1.165, 1.54) is 7.11 Å². The average molecular weight is 326 g/mol. The van der Waals surface area contributed by atoms with E-state index in [9.17, 15) is 9.59 Å². The molecule has 2 amide bonds. The van der Waals surface area contributed by atoms with Gasteiger partial charge in [-0.1, -0.05) is 42.5 Å². The van der Waals surface area contributed by atoms with Gasteiger partial charge in [-0.2, -0.15) is 0 Å². The first-order chi connectivity index (χ1) is 11.5. The molecule has 0 aromatic heterocycles. The maximum Gasteiger partial charge on any atom is 0.407 e. The van der Waals surface area contributed by atoms with Crippen molar-refractivity contribution in [2.45, 2.75) is 26.3 Å². The first-order valence-electron chi connectivity index (χ1n) is 7.76. The first kappa shape index (κ1) is 17.5. The van der Waals surface area contributed by atoms with Gasteiger partial charge in [0.25, 0.3) is 0 Å². The molecular weight excluding hydrogens is 304 g/mol. The van der Waals surface area contributed by atoms with Crippen molar-refractivity contribution in [3.63, 3.8) is 0 Å². The molecule has 0 heterocycles. The number of ether oxygens (including phenoxy) is 1. The van der Waals surface area contributed by atoms with Crippen LogP contribution in [0.4, 0.5) is 10.5 Å². The van der Waals surface area contributed by atoms with E-state index in [1.807, 2.05) is 62.4 Å². The Morgan fingerprint density at radius 1 is 1.04 bits per heavy atom. The van der Waals surface area contributed by atoms with Crippen LogP contribution < -0.4 is 10.6 Å². The van der Waals surface area contributed by atoms with Gasteiger partial charge in [0.15, 0.2) is 0 Å². The van der Waals surface area contributed by atoms with Crippen molar-refractivity contribution in [1.82, 2.24) is 5.32 Å². The minimum absolute atomic E-state index is 0.280. The highest BCUT2D eigenvalue weighted by atomic mass is 16.5. The van der Waals surface area contributed by atoms with Gasteiger partial charge in [-0.25, -0.2) is 4.79 Å². The fourth-order valence-electron chi connectivity index (χ4n) is 2.37. The summed E-state index contributed by atoms with van der Waals surface area (Å²) in [7, 11) is 1.28. The van der Waals surface area contributed by atoms with Crippen molar-refractivity contribution in [3.05, 3.63) is 65.2 Å². The third-order valence-corrected chi connectivity index (χ3v) is 3.94. The summed E-state index contributed by atoms with van der Waals surface area (Å²) in [6, 6.07) is 14.5. The Hall–Kier alpha value is -2.82. The highest BCUT2D eigenvalue weighted by molar-refractivity contribution is 5.97. The van der Waals surface area contributed by atoms with Crippen LogP contribution in [-0.2, 0) is 16.0 Å². The lowest BCUT2D eigenvalue weighted by atomic mass is 10.0. The molecule has 0 radical (unpaired) electrons. The van der Waals surface area contributed by atoms with E-state index in [0.29, 0.717) is 6.42 Å². The van der Waals surface area contributed by atoms with Gasteiger partial charge in [-0.15, -0.1) is 0 Å². The minimum Gasteiger partial charge on any atom is -0.453 e. The third kappa shape index (κ3) is 4.59. The maximum atomic E-state index is 12.7. The van der Waals surface area contributed by atoms with Crippen LogP contribution in [0.3, 0.4) is 0 Å². The molecule has 0 saturated heterocycles. The number of carbonyl (C=O) groups excluding carboxylic acids is 2. The van der Waals surface area contributed by atoms with Crippen LogP contribution >= 0.6 is 0 Å². The summed E-state index contributed by atoms with van der Waals surface area (Å²) in [4.78, 5) is 24.2. The van der Waals surface area contributed by atoms with Gasteiger partial charge < -0.3 is 15.4 Å². The molecule has 0 fully saturated rings. The number of aryl methyl sites for hydroxylation is 1. The van der Waals surface area contributed by atoms with Crippen molar-refractivity contribution >= 4 is 17.7 Å². The van der Waals surface area contributed by atoms with Crippen LogP contribution in [0.25, 0.3) is 0 Å². The summed E-state index contributed by atoms with van der Waals surface area (Å²) in [5, 5.41) is 5.49. The monoisotopic (exact) mass is 326 g/mol. The second-order valence-electron chi connectivity index (χ2n) is 5.61. The number of hydrogen-bond acceptors (Lipinski definition) is 3. The lowest BCUT2D eigenvalue weighted by Gasteiger charge is -2.19. The molecular formula is C19H22N2O3. The van der Waals surface area contributed by atoms with E-state index in [-0.39, 0.29) is 5.91 Å². The number of nitrogens with one attached hydrogen (secondary N) is 2. The Balaban J connectivity index is 2.17. The molecule has 0 spiro atoms. The van der Waals surface area contributed by atoms with E-state index in [4.69, 9.17) is 0 Å². The molecule has 5 heteroatoms. The van der Waals surface area contributed by atoms with Gasteiger partial charge in [-0.3, -0.25) is 4.79 Å². The van der Waals surface area contributed by atoms with Crippen molar-refractivity contribution in [1.29, 1.82) is 0 Å². The summed E-state index contributed by atoms with van der Waals surface area (Å²) in [6.07, 6.45) is -0.251. The summed E-state index contributed by atoms with van der Waals surface area (Å²) < 4.78 is 4.63. The first-order valence-corrected chi connectivity index (χ1v) is 7.76. The van der Waals surface area contributed by atoms with E-state index >= 15 is 0 Å². The van der Waals surface area contributed by atoms with Gasteiger partial charge in [0.05, 0.1) is 7.11 Å². The number of anilines is 1. The molecule has 2 aromatic rings. The van der Waals surface area contributed by atoms with Gasteiger partial charge in [0.2, 0.25) is 5.91 Å². The Morgan fingerprint density at radius 2 is 1.75 bits per heavy atom. The molecule has 0 aliphatic carbocycles. The minimum atomic E-state index is -0.722. The number of rotatable bonds is 5. The quantitative estimate of drug-likeness (QED) is 0.886. The Bertz CT molecular complexity index is 714. The Morgan fingerprint density at radius 3 is 2.42 bits per heavy atom. The highest BCUT2D eigenvalue weighted by Gasteiger charge is 2.22. The van der Waals surface area contributed by atoms with Gasteiger partial charge in [0.1, 0.15) is 6.04 Å². The fourth-order valence-corrected chi connectivity index (χ4v) is 2.37. The van der Waals surface area contributed by atoms with Crippen LogP contribution in [-0.4, -0.2) is 25.2 Å². The molecule has 0 aliphatic rings. The fraction of sp³-hybridized carbons (Fsp3) is 0.263. The predicted octanol–water partition coefficient (Wildman–Crippen LogP) is 3.21. The van der Waals surface area contributed by atoms with E-state index in [0.717, 1.165) is 22.4 Å². The standard InChI is InChI=1S/C19H22N2O3/c1-13-8-7-11-16(14(13)2)20-18(22)17(21-19(23)24-3)12-15-9-5-4-6-10-15/h4-11,17H,12H2,1-3H3,(H,20,22)(H,21,23)/t17-/m0/s1. The number of carbonyl (C=O) groups is 2. The molecule has 0 unspecified atom stereocenters. The largest absolute Gasteiger partial charge is 0.453 e. The second kappa shape index (κ2) is 8.15. The molecule has 2 N–H and O–H groups in total. The predicted molar refractivity (Wildman–Crippen MR) is 94.0 cm³/mol. The molecule has 2 aromatic carbocycles. The van der Waals surface area contributed by atoms with Crippen molar-refractivity contribution in [2.75, 3.05) is 12.4 Å². The van der Waals surface area contributed by atoms with Crippen LogP contribution in [0.2, 0.25) is 0 Å². The number of methoxy groups -OCH3 is 1. The lowest BCUT2D eigenvalue weighted by molar-refractivity contribution is -0.118. The smallest absolute Gasteiger partial charge is 0.407 e. The van der Waals surface area contributed by atoms with E-state index in [1.54, 1.807) is 0 Å². The van der Waals surface area contributed by atoms with Crippen LogP contribution in [0.15, 0.2) is 48.5 Å². The van der Waals surface area contributed by atoms with Gasteiger partial charge >= 0.3 is 6.09 Å². The molecule has 2 rings (SSSR count). The second-order valence-corrected chi connectivity index (χ2v) is 5.61. The third-order valence-electron chi connectivity index (χ3n) is 3.94. The van der Waals surface area contributed by atoms with Gasteiger partial charge in [-0.05, 0) is 36.6 Å². The van der Waals surface area contributed by atoms with Gasteiger partial charge in [0, 0.05) is 12.1 Å². The van der Waals surface area contributed by atoms with Crippen LogP contribution in [0, 0.1) is 13.8 Å². The molecule has 0 aliphatic heterocycles. The summed E-state index contributed by atoms with van der Waals surface area (Å²) in [5.74, 6) is -0.280. The van der Waals surface area contributed by atoms with Crippen molar-refractivity contribution in [2.24, 2.45) is 0 Å². The average Bonchev–Trinajstić information content (AvgIpc) is 2.59.